The number of nitrogens with one attached hydrogen (secondary N) is 1. The highest BCUT2D eigenvalue weighted by Gasteiger charge is 2.38. The van der Waals surface area contributed by atoms with Crippen LogP contribution in [0.15, 0.2) is 0 Å². The fourth-order valence-electron chi connectivity index (χ4n) is 3.63. The van der Waals surface area contributed by atoms with Crippen molar-refractivity contribution in [2.45, 2.75) is 77.5 Å². The number of hydrogen-bond acceptors (Lipinski definition) is 4. The zero-order chi connectivity index (χ0) is 17.3. The lowest BCUT2D eigenvalue weighted by atomic mass is 9.90. The zero-order valence-electron chi connectivity index (χ0n) is 16.7. The van der Waals surface area contributed by atoms with E-state index in [1.54, 1.807) is 0 Å². The summed E-state index contributed by atoms with van der Waals surface area (Å²) in [7, 11) is 2.25. The summed E-state index contributed by atoms with van der Waals surface area (Å²) in [6, 6.07) is 1.49. The number of hydrogen-bond donors (Lipinski definition) is 1. The number of likely N-dealkylation sites (tertiary alicyclic amines) is 2. The Morgan fingerprint density at radius 1 is 1.00 bits per heavy atom. The third-order valence-electron chi connectivity index (χ3n) is 6.07. The molecule has 0 aromatic heterocycles. The first-order valence-electron chi connectivity index (χ1n) is 9.57. The summed E-state index contributed by atoms with van der Waals surface area (Å²) in [6.07, 6.45) is 2.57. The first-order valence-corrected chi connectivity index (χ1v) is 9.57. The van der Waals surface area contributed by atoms with Crippen molar-refractivity contribution in [3.05, 3.63) is 0 Å². The van der Waals surface area contributed by atoms with Gasteiger partial charge in [-0.15, -0.1) is 0 Å². The van der Waals surface area contributed by atoms with Crippen LogP contribution in [0.4, 0.5) is 0 Å². The number of rotatable bonds is 8. The molecular formula is C19H40N4. The van der Waals surface area contributed by atoms with E-state index in [1.807, 2.05) is 0 Å². The maximum absolute atomic E-state index is 3.74. The predicted molar refractivity (Wildman–Crippen MR) is 100 cm³/mol. The van der Waals surface area contributed by atoms with E-state index in [9.17, 15) is 0 Å². The van der Waals surface area contributed by atoms with Gasteiger partial charge in [0, 0.05) is 49.3 Å². The highest BCUT2D eigenvalue weighted by atomic mass is 15.3. The average Bonchev–Trinajstić information content (AvgIpc) is 2.31. The van der Waals surface area contributed by atoms with Crippen LogP contribution in [0, 0.1) is 0 Å². The van der Waals surface area contributed by atoms with Gasteiger partial charge < -0.3 is 10.2 Å². The molecule has 2 saturated heterocycles. The maximum Gasteiger partial charge on any atom is 0.0347 e. The lowest BCUT2D eigenvalue weighted by Gasteiger charge is -2.52. The van der Waals surface area contributed by atoms with Crippen LogP contribution in [0.2, 0.25) is 0 Å². The molecule has 2 heterocycles. The normalized spacial score (nSPS) is 22.4. The van der Waals surface area contributed by atoms with E-state index in [0.29, 0.717) is 17.1 Å². The van der Waals surface area contributed by atoms with Crippen molar-refractivity contribution < 1.29 is 0 Å². The Labute approximate surface area is 144 Å². The van der Waals surface area contributed by atoms with E-state index in [1.165, 1.54) is 39.0 Å². The first-order chi connectivity index (χ1) is 10.6. The fourth-order valence-corrected chi connectivity index (χ4v) is 3.63. The third-order valence-corrected chi connectivity index (χ3v) is 6.07. The Morgan fingerprint density at radius 2 is 1.61 bits per heavy atom. The molecule has 2 rings (SSSR count). The van der Waals surface area contributed by atoms with Crippen molar-refractivity contribution in [1.29, 1.82) is 0 Å². The molecule has 0 unspecified atom stereocenters. The monoisotopic (exact) mass is 324 g/mol. The van der Waals surface area contributed by atoms with Gasteiger partial charge in [0.2, 0.25) is 0 Å². The van der Waals surface area contributed by atoms with Gasteiger partial charge in [-0.1, -0.05) is 6.92 Å². The van der Waals surface area contributed by atoms with Crippen molar-refractivity contribution >= 4 is 0 Å². The summed E-state index contributed by atoms with van der Waals surface area (Å²) >= 11 is 0. The van der Waals surface area contributed by atoms with E-state index in [0.717, 1.165) is 19.1 Å². The number of likely N-dealkylation sites (N-methyl/N-ethyl adjacent to an activating group) is 1. The minimum absolute atomic E-state index is 0.333. The topological polar surface area (TPSA) is 21.8 Å². The number of nitrogens with zero attached hydrogens (tertiary/aromatic N) is 3. The van der Waals surface area contributed by atoms with Crippen molar-refractivity contribution in [2.75, 3.05) is 46.3 Å². The molecule has 2 aliphatic rings. The van der Waals surface area contributed by atoms with Crippen LogP contribution in [-0.2, 0) is 0 Å². The molecule has 0 atom stereocenters. The van der Waals surface area contributed by atoms with Gasteiger partial charge in [-0.25, -0.2) is 0 Å². The second kappa shape index (κ2) is 7.38. The second-order valence-corrected chi connectivity index (χ2v) is 9.27. The summed E-state index contributed by atoms with van der Waals surface area (Å²) in [5.74, 6) is 0. The standard InChI is InChI=1S/C19H40N4/c1-8-21(7)17-14-23(15-17)19(5,6)10-9-11-20-16-12-22(13-16)18(2,3)4/h16-17,20H,8-15H2,1-7H3. The van der Waals surface area contributed by atoms with Crippen molar-refractivity contribution in [3.8, 4) is 0 Å². The molecule has 0 aromatic rings. The second-order valence-electron chi connectivity index (χ2n) is 9.27. The minimum Gasteiger partial charge on any atom is -0.311 e. The summed E-state index contributed by atoms with van der Waals surface area (Å²) in [5, 5.41) is 3.74. The highest BCUT2D eigenvalue weighted by molar-refractivity contribution is 4.96. The maximum atomic E-state index is 3.74. The smallest absolute Gasteiger partial charge is 0.0347 e. The van der Waals surface area contributed by atoms with Crippen molar-refractivity contribution in [3.63, 3.8) is 0 Å². The molecule has 0 amide bonds. The van der Waals surface area contributed by atoms with Gasteiger partial charge in [0.1, 0.15) is 0 Å². The Bertz CT molecular complexity index is 362. The van der Waals surface area contributed by atoms with E-state index in [4.69, 9.17) is 0 Å². The molecule has 0 bridgehead atoms. The molecule has 4 heteroatoms. The van der Waals surface area contributed by atoms with E-state index >= 15 is 0 Å². The fraction of sp³-hybridized carbons (Fsp3) is 1.00. The van der Waals surface area contributed by atoms with Gasteiger partial charge in [-0.05, 0) is 67.6 Å². The molecule has 0 spiro atoms. The molecule has 2 aliphatic heterocycles. The van der Waals surface area contributed by atoms with Gasteiger partial charge in [0.15, 0.2) is 0 Å². The van der Waals surface area contributed by atoms with Gasteiger partial charge in [0.25, 0.3) is 0 Å². The summed E-state index contributed by atoms with van der Waals surface area (Å²) in [6.45, 7) is 21.2. The van der Waals surface area contributed by atoms with Crippen LogP contribution < -0.4 is 5.32 Å². The molecular weight excluding hydrogens is 284 g/mol. The average molecular weight is 325 g/mol. The van der Waals surface area contributed by atoms with Crippen LogP contribution in [0.3, 0.4) is 0 Å². The van der Waals surface area contributed by atoms with Crippen LogP contribution in [0.1, 0.15) is 54.4 Å². The van der Waals surface area contributed by atoms with Crippen LogP contribution >= 0.6 is 0 Å². The summed E-state index contributed by atoms with van der Waals surface area (Å²) in [5.41, 5.74) is 0.684. The molecule has 136 valence electrons. The molecule has 0 radical (unpaired) electrons. The van der Waals surface area contributed by atoms with Crippen molar-refractivity contribution in [2.24, 2.45) is 0 Å². The lowest BCUT2D eigenvalue weighted by molar-refractivity contribution is -0.0237. The SMILES string of the molecule is CCN(C)C1CN(C(C)(C)CCCNC2CN(C(C)(C)C)C2)C1. The lowest BCUT2D eigenvalue weighted by Crippen LogP contribution is -2.65. The zero-order valence-corrected chi connectivity index (χ0v) is 16.7. The summed E-state index contributed by atoms with van der Waals surface area (Å²) in [4.78, 5) is 7.69. The molecule has 1 N–H and O–H groups in total. The Morgan fingerprint density at radius 3 is 2.13 bits per heavy atom. The Hall–Kier alpha value is -0.160. The molecule has 2 fully saturated rings. The van der Waals surface area contributed by atoms with Gasteiger partial charge in [-0.2, -0.15) is 0 Å². The molecule has 0 aromatic carbocycles. The largest absolute Gasteiger partial charge is 0.311 e. The van der Waals surface area contributed by atoms with E-state index in [2.05, 4.69) is 68.6 Å². The molecule has 0 aliphatic carbocycles. The highest BCUT2D eigenvalue weighted by Crippen LogP contribution is 2.28. The van der Waals surface area contributed by atoms with Gasteiger partial charge in [0.05, 0.1) is 0 Å². The first kappa shape index (κ1) is 19.2. The van der Waals surface area contributed by atoms with Gasteiger partial charge in [-0.3, -0.25) is 9.80 Å². The quantitative estimate of drug-likeness (QED) is 0.691. The van der Waals surface area contributed by atoms with Crippen LogP contribution in [0.25, 0.3) is 0 Å². The molecule has 4 nitrogen and oxygen atoms in total. The van der Waals surface area contributed by atoms with Crippen molar-refractivity contribution in [1.82, 2.24) is 20.0 Å². The molecule has 23 heavy (non-hydrogen) atoms. The summed E-state index contributed by atoms with van der Waals surface area (Å²) < 4.78 is 0. The predicted octanol–water partition coefficient (Wildman–Crippen LogP) is 2.25. The van der Waals surface area contributed by atoms with Crippen LogP contribution in [0.5, 0.6) is 0 Å². The van der Waals surface area contributed by atoms with E-state index < -0.39 is 0 Å². The van der Waals surface area contributed by atoms with E-state index in [-0.39, 0.29) is 0 Å². The third kappa shape index (κ3) is 4.91. The Balaban J connectivity index is 1.56. The van der Waals surface area contributed by atoms with Gasteiger partial charge >= 0.3 is 0 Å². The Kier molecular flexibility index (Phi) is 6.15. The van der Waals surface area contributed by atoms with Crippen LogP contribution in [-0.4, -0.2) is 84.2 Å². The minimum atomic E-state index is 0.333. The molecule has 0 saturated carbocycles.